The molecule has 0 saturated heterocycles. The molecule has 0 radical (unpaired) electrons. The number of hydrogen-bond acceptors (Lipinski definition) is 4. The molecule has 0 aliphatic heterocycles. The first-order valence-electron chi connectivity index (χ1n) is 9.09. The summed E-state index contributed by atoms with van der Waals surface area (Å²) in [7, 11) is 3.10. The highest BCUT2D eigenvalue weighted by Gasteiger charge is 2.12. The standard InChI is InChI=1S/C23H22N2O4/c1-24-22(26)17-8-11-19(12-9-17)25-23(27)18-10-13-20(21(14-18)28-2)29-15-16-6-4-3-5-7-16/h3-14H,15H2,1-2H3,(H,24,26)(H,25,27). The first kappa shape index (κ1) is 19.9. The molecule has 0 aromatic heterocycles. The summed E-state index contributed by atoms with van der Waals surface area (Å²) < 4.78 is 11.2. The Morgan fingerprint density at radius 1 is 0.828 bits per heavy atom. The molecule has 0 aliphatic rings. The molecular formula is C23H22N2O4. The van der Waals surface area contributed by atoms with E-state index in [2.05, 4.69) is 10.6 Å². The molecule has 29 heavy (non-hydrogen) atoms. The minimum Gasteiger partial charge on any atom is -0.493 e. The van der Waals surface area contributed by atoms with Gasteiger partial charge < -0.3 is 20.1 Å². The van der Waals surface area contributed by atoms with Crippen LogP contribution in [0.4, 0.5) is 5.69 Å². The van der Waals surface area contributed by atoms with E-state index in [-0.39, 0.29) is 11.8 Å². The lowest BCUT2D eigenvalue weighted by molar-refractivity contribution is 0.0962. The van der Waals surface area contributed by atoms with Crippen LogP contribution in [0.1, 0.15) is 26.3 Å². The molecule has 3 aromatic rings. The summed E-state index contributed by atoms with van der Waals surface area (Å²) in [6.45, 7) is 0.403. The van der Waals surface area contributed by atoms with Crippen LogP contribution in [0.5, 0.6) is 11.5 Å². The largest absolute Gasteiger partial charge is 0.493 e. The van der Waals surface area contributed by atoms with Crippen molar-refractivity contribution >= 4 is 17.5 Å². The molecule has 0 heterocycles. The number of anilines is 1. The molecule has 3 rings (SSSR count). The van der Waals surface area contributed by atoms with E-state index in [0.29, 0.717) is 34.9 Å². The highest BCUT2D eigenvalue weighted by Crippen LogP contribution is 2.29. The minimum absolute atomic E-state index is 0.182. The van der Waals surface area contributed by atoms with Gasteiger partial charge in [0.2, 0.25) is 0 Å². The summed E-state index contributed by atoms with van der Waals surface area (Å²) >= 11 is 0. The van der Waals surface area contributed by atoms with Gasteiger partial charge in [0, 0.05) is 23.9 Å². The molecule has 2 N–H and O–H groups in total. The number of rotatable bonds is 7. The minimum atomic E-state index is -0.286. The van der Waals surface area contributed by atoms with Crippen LogP contribution in [-0.2, 0) is 6.61 Å². The topological polar surface area (TPSA) is 76.7 Å². The Balaban J connectivity index is 1.68. The molecule has 2 amide bonds. The Morgan fingerprint density at radius 3 is 2.17 bits per heavy atom. The van der Waals surface area contributed by atoms with E-state index in [1.165, 1.54) is 7.11 Å². The van der Waals surface area contributed by atoms with Crippen molar-refractivity contribution in [2.45, 2.75) is 6.61 Å². The van der Waals surface area contributed by atoms with Crippen LogP contribution in [0.3, 0.4) is 0 Å². The number of ether oxygens (including phenoxy) is 2. The van der Waals surface area contributed by atoms with Gasteiger partial charge in [-0.1, -0.05) is 30.3 Å². The molecule has 0 atom stereocenters. The SMILES string of the molecule is CNC(=O)c1ccc(NC(=O)c2ccc(OCc3ccccc3)c(OC)c2)cc1. The van der Waals surface area contributed by atoms with Crippen molar-refractivity contribution in [2.24, 2.45) is 0 Å². The van der Waals surface area contributed by atoms with Crippen molar-refractivity contribution in [3.05, 3.63) is 89.5 Å². The van der Waals surface area contributed by atoms with Crippen molar-refractivity contribution in [1.29, 1.82) is 0 Å². The average Bonchev–Trinajstić information content (AvgIpc) is 2.78. The van der Waals surface area contributed by atoms with Gasteiger partial charge in [0.1, 0.15) is 6.61 Å². The lowest BCUT2D eigenvalue weighted by atomic mass is 10.1. The smallest absolute Gasteiger partial charge is 0.255 e. The summed E-state index contributed by atoms with van der Waals surface area (Å²) in [5.74, 6) is 0.565. The number of benzene rings is 3. The predicted molar refractivity (Wildman–Crippen MR) is 112 cm³/mol. The zero-order valence-corrected chi connectivity index (χ0v) is 16.3. The van der Waals surface area contributed by atoms with E-state index < -0.39 is 0 Å². The monoisotopic (exact) mass is 390 g/mol. The predicted octanol–water partition coefficient (Wildman–Crippen LogP) is 3.89. The zero-order valence-electron chi connectivity index (χ0n) is 16.3. The van der Waals surface area contributed by atoms with Gasteiger partial charge in [-0.25, -0.2) is 0 Å². The second-order valence-corrected chi connectivity index (χ2v) is 6.25. The van der Waals surface area contributed by atoms with Gasteiger partial charge in [0.15, 0.2) is 11.5 Å². The van der Waals surface area contributed by atoms with Gasteiger partial charge in [-0.3, -0.25) is 9.59 Å². The second kappa shape index (κ2) is 9.41. The molecular weight excluding hydrogens is 368 g/mol. The number of nitrogens with one attached hydrogen (secondary N) is 2. The van der Waals surface area contributed by atoms with E-state index >= 15 is 0 Å². The van der Waals surface area contributed by atoms with Gasteiger partial charge >= 0.3 is 0 Å². The number of carbonyl (C=O) groups excluding carboxylic acids is 2. The summed E-state index contributed by atoms with van der Waals surface area (Å²) in [4.78, 5) is 24.2. The van der Waals surface area contributed by atoms with Crippen molar-refractivity contribution in [1.82, 2.24) is 5.32 Å². The molecule has 0 aliphatic carbocycles. The van der Waals surface area contributed by atoms with E-state index in [4.69, 9.17) is 9.47 Å². The third kappa shape index (κ3) is 5.13. The fourth-order valence-corrected chi connectivity index (χ4v) is 2.72. The van der Waals surface area contributed by atoms with Crippen LogP contribution in [0, 0.1) is 0 Å². The third-order valence-electron chi connectivity index (χ3n) is 4.29. The molecule has 0 bridgehead atoms. The van der Waals surface area contributed by atoms with Crippen molar-refractivity contribution in [3.8, 4) is 11.5 Å². The van der Waals surface area contributed by atoms with Crippen molar-refractivity contribution in [2.75, 3.05) is 19.5 Å². The molecule has 0 spiro atoms. The van der Waals surface area contributed by atoms with Gasteiger partial charge in [-0.2, -0.15) is 0 Å². The second-order valence-electron chi connectivity index (χ2n) is 6.25. The zero-order chi connectivity index (χ0) is 20.6. The van der Waals surface area contributed by atoms with Gasteiger partial charge in [-0.05, 0) is 48.0 Å². The summed E-state index contributed by atoms with van der Waals surface area (Å²) in [6, 6.07) is 21.5. The highest BCUT2D eigenvalue weighted by atomic mass is 16.5. The van der Waals surface area contributed by atoms with Gasteiger partial charge in [-0.15, -0.1) is 0 Å². The Labute approximate surface area is 169 Å². The lowest BCUT2D eigenvalue weighted by Gasteiger charge is -2.12. The van der Waals surface area contributed by atoms with E-state index in [1.807, 2.05) is 30.3 Å². The Bertz CT molecular complexity index is 986. The maximum atomic E-state index is 12.6. The first-order valence-corrected chi connectivity index (χ1v) is 9.09. The number of carbonyl (C=O) groups is 2. The third-order valence-corrected chi connectivity index (χ3v) is 4.29. The maximum absolute atomic E-state index is 12.6. The van der Waals surface area contributed by atoms with Crippen LogP contribution in [0.15, 0.2) is 72.8 Å². The van der Waals surface area contributed by atoms with Crippen LogP contribution < -0.4 is 20.1 Å². The van der Waals surface area contributed by atoms with Crippen LogP contribution in [0.25, 0.3) is 0 Å². The Kier molecular flexibility index (Phi) is 6.47. The summed E-state index contributed by atoms with van der Waals surface area (Å²) in [5, 5.41) is 5.36. The fraction of sp³-hybridized carbons (Fsp3) is 0.130. The molecule has 148 valence electrons. The molecule has 6 heteroatoms. The summed E-state index contributed by atoms with van der Waals surface area (Å²) in [5.41, 5.74) is 2.58. The van der Waals surface area contributed by atoms with Crippen LogP contribution in [0.2, 0.25) is 0 Å². The van der Waals surface area contributed by atoms with Gasteiger partial charge in [0.05, 0.1) is 7.11 Å². The molecule has 0 unspecified atom stereocenters. The van der Waals surface area contributed by atoms with Crippen LogP contribution in [-0.4, -0.2) is 26.0 Å². The van der Waals surface area contributed by atoms with Crippen molar-refractivity contribution < 1.29 is 19.1 Å². The Hall–Kier alpha value is -3.80. The molecule has 3 aromatic carbocycles. The molecule has 6 nitrogen and oxygen atoms in total. The average molecular weight is 390 g/mol. The lowest BCUT2D eigenvalue weighted by Crippen LogP contribution is -2.17. The van der Waals surface area contributed by atoms with E-state index in [0.717, 1.165) is 5.56 Å². The van der Waals surface area contributed by atoms with Gasteiger partial charge in [0.25, 0.3) is 11.8 Å². The van der Waals surface area contributed by atoms with Crippen LogP contribution >= 0.6 is 0 Å². The Morgan fingerprint density at radius 2 is 1.52 bits per heavy atom. The first-order chi connectivity index (χ1) is 14.1. The quantitative estimate of drug-likeness (QED) is 0.642. The molecule has 0 fully saturated rings. The maximum Gasteiger partial charge on any atom is 0.255 e. The normalized spacial score (nSPS) is 10.1. The molecule has 0 saturated carbocycles. The van der Waals surface area contributed by atoms with Crippen molar-refractivity contribution in [3.63, 3.8) is 0 Å². The van der Waals surface area contributed by atoms with E-state index in [9.17, 15) is 9.59 Å². The summed E-state index contributed by atoms with van der Waals surface area (Å²) in [6.07, 6.45) is 0. The highest BCUT2D eigenvalue weighted by molar-refractivity contribution is 6.05. The van der Waals surface area contributed by atoms with E-state index in [1.54, 1.807) is 49.5 Å². The number of amides is 2. The number of methoxy groups -OCH3 is 1. The fourth-order valence-electron chi connectivity index (χ4n) is 2.72. The number of hydrogen-bond donors (Lipinski definition) is 2.